The van der Waals surface area contributed by atoms with Crippen molar-refractivity contribution in [1.29, 1.82) is 0 Å². The summed E-state index contributed by atoms with van der Waals surface area (Å²) in [5.74, 6) is 0.523. The molecule has 0 radical (unpaired) electrons. The Balaban J connectivity index is 1.99. The Labute approximate surface area is 155 Å². The molecule has 0 saturated carbocycles. The van der Waals surface area contributed by atoms with Gasteiger partial charge in [-0.25, -0.2) is 14.8 Å². The zero-order valence-corrected chi connectivity index (χ0v) is 16.1. The van der Waals surface area contributed by atoms with Crippen LogP contribution in [0.15, 0.2) is 6.33 Å². The molecule has 0 bridgehead atoms. The van der Waals surface area contributed by atoms with E-state index >= 15 is 0 Å². The molecule has 1 amide bonds. The highest BCUT2D eigenvalue weighted by Gasteiger charge is 2.31. The Bertz CT molecular complexity index is 878. The summed E-state index contributed by atoms with van der Waals surface area (Å²) >= 11 is 1.43. The van der Waals surface area contributed by atoms with Gasteiger partial charge >= 0.3 is 5.97 Å². The number of hydrogen-bond donors (Lipinski definition) is 3. The molecule has 26 heavy (non-hydrogen) atoms. The first-order chi connectivity index (χ1) is 12.3. The number of methoxy groups -OCH3 is 1. The van der Waals surface area contributed by atoms with Gasteiger partial charge in [0.1, 0.15) is 23.1 Å². The van der Waals surface area contributed by atoms with E-state index in [9.17, 15) is 9.59 Å². The number of ether oxygens (including phenoxy) is 1. The summed E-state index contributed by atoms with van der Waals surface area (Å²) in [5.41, 5.74) is 1.79. The molecule has 3 N–H and O–H groups in total. The SMILES string of the molecule is COC(=O)c1c(Nc2ncnc3c2NC(=O)C(C(C)C)N3)sc(C)c1C. The Morgan fingerprint density at radius 1 is 1.35 bits per heavy atom. The van der Waals surface area contributed by atoms with Crippen molar-refractivity contribution in [3.8, 4) is 0 Å². The molecule has 0 aromatic carbocycles. The van der Waals surface area contributed by atoms with Gasteiger partial charge in [0.2, 0.25) is 5.91 Å². The third-order valence-electron chi connectivity index (χ3n) is 4.34. The minimum atomic E-state index is -0.417. The van der Waals surface area contributed by atoms with Crippen molar-refractivity contribution in [2.45, 2.75) is 33.7 Å². The van der Waals surface area contributed by atoms with Crippen LogP contribution in [-0.4, -0.2) is 35.0 Å². The average Bonchev–Trinajstić information content (AvgIpc) is 2.88. The first kappa shape index (κ1) is 18.1. The molecule has 1 unspecified atom stereocenters. The lowest BCUT2D eigenvalue weighted by Crippen LogP contribution is -2.43. The van der Waals surface area contributed by atoms with Crippen LogP contribution in [0.2, 0.25) is 0 Å². The van der Waals surface area contributed by atoms with Gasteiger partial charge in [-0.15, -0.1) is 11.3 Å². The van der Waals surface area contributed by atoms with Crippen LogP contribution in [0.5, 0.6) is 0 Å². The van der Waals surface area contributed by atoms with Crippen molar-refractivity contribution in [3.63, 3.8) is 0 Å². The summed E-state index contributed by atoms with van der Waals surface area (Å²) in [6, 6.07) is -0.359. The average molecular weight is 375 g/mol. The number of hydrogen-bond acceptors (Lipinski definition) is 8. The quantitative estimate of drug-likeness (QED) is 0.705. The van der Waals surface area contributed by atoms with Crippen LogP contribution in [-0.2, 0) is 9.53 Å². The fourth-order valence-corrected chi connectivity index (χ4v) is 3.81. The molecule has 2 aromatic heterocycles. The van der Waals surface area contributed by atoms with E-state index in [2.05, 4.69) is 25.9 Å². The number of nitrogens with one attached hydrogen (secondary N) is 3. The third-order valence-corrected chi connectivity index (χ3v) is 5.47. The van der Waals surface area contributed by atoms with Gasteiger partial charge in [-0.1, -0.05) is 13.8 Å². The lowest BCUT2D eigenvalue weighted by Gasteiger charge is -2.29. The maximum Gasteiger partial charge on any atom is 0.341 e. The highest BCUT2D eigenvalue weighted by Crippen LogP contribution is 2.38. The van der Waals surface area contributed by atoms with Crippen LogP contribution in [0.1, 0.15) is 34.6 Å². The summed E-state index contributed by atoms with van der Waals surface area (Å²) in [4.78, 5) is 34.0. The minimum absolute atomic E-state index is 0.114. The molecular weight excluding hydrogens is 354 g/mol. The van der Waals surface area contributed by atoms with E-state index in [0.717, 1.165) is 10.4 Å². The molecule has 0 fully saturated rings. The van der Waals surface area contributed by atoms with E-state index in [-0.39, 0.29) is 17.9 Å². The van der Waals surface area contributed by atoms with Crippen molar-refractivity contribution in [2.75, 3.05) is 23.1 Å². The second-order valence-electron chi connectivity index (χ2n) is 6.41. The van der Waals surface area contributed by atoms with Gasteiger partial charge in [-0.3, -0.25) is 4.79 Å². The monoisotopic (exact) mass is 375 g/mol. The maximum atomic E-state index is 12.4. The van der Waals surface area contributed by atoms with Gasteiger partial charge in [0.05, 0.1) is 12.7 Å². The number of amides is 1. The van der Waals surface area contributed by atoms with E-state index in [0.29, 0.717) is 27.9 Å². The van der Waals surface area contributed by atoms with E-state index < -0.39 is 5.97 Å². The lowest BCUT2D eigenvalue weighted by atomic mass is 10.0. The number of rotatable bonds is 4. The number of aryl methyl sites for hydroxylation is 1. The fraction of sp³-hybridized carbons (Fsp3) is 0.412. The summed E-state index contributed by atoms with van der Waals surface area (Å²) in [7, 11) is 1.35. The standard InChI is InChI=1S/C17H21N5O3S/c1-7(2)11-15(23)21-12-13(20-11)18-6-19-14(12)22-16-10(17(24)25-5)8(3)9(4)26-16/h6-7,11H,1-5H3,(H,21,23)(H2,18,19,20,22). The van der Waals surface area contributed by atoms with Gasteiger partial charge in [0.15, 0.2) is 11.6 Å². The number of esters is 1. The molecule has 1 aliphatic heterocycles. The maximum absolute atomic E-state index is 12.4. The minimum Gasteiger partial charge on any atom is -0.465 e. The van der Waals surface area contributed by atoms with Crippen LogP contribution in [0.4, 0.5) is 22.3 Å². The molecule has 2 aromatic rings. The Morgan fingerprint density at radius 3 is 2.73 bits per heavy atom. The van der Waals surface area contributed by atoms with E-state index in [1.807, 2.05) is 27.7 Å². The number of carbonyl (C=O) groups is 2. The highest BCUT2D eigenvalue weighted by atomic mass is 32.1. The van der Waals surface area contributed by atoms with Crippen molar-refractivity contribution >= 4 is 45.5 Å². The largest absolute Gasteiger partial charge is 0.465 e. The Hall–Kier alpha value is -2.68. The van der Waals surface area contributed by atoms with E-state index in [1.54, 1.807) is 0 Å². The predicted octanol–water partition coefficient (Wildman–Crippen LogP) is 3.07. The molecule has 1 atom stereocenters. The van der Waals surface area contributed by atoms with Gasteiger partial charge in [-0.05, 0) is 25.3 Å². The lowest BCUT2D eigenvalue weighted by molar-refractivity contribution is -0.117. The Morgan fingerprint density at radius 2 is 2.08 bits per heavy atom. The second-order valence-corrected chi connectivity index (χ2v) is 7.63. The van der Waals surface area contributed by atoms with Gasteiger partial charge < -0.3 is 20.7 Å². The first-order valence-electron chi connectivity index (χ1n) is 8.21. The molecule has 1 aliphatic rings. The summed E-state index contributed by atoms with van der Waals surface area (Å²) in [6.45, 7) is 7.73. The molecule has 0 spiro atoms. The van der Waals surface area contributed by atoms with E-state index in [4.69, 9.17) is 4.74 Å². The van der Waals surface area contributed by atoms with Crippen molar-refractivity contribution in [1.82, 2.24) is 9.97 Å². The number of carbonyl (C=O) groups excluding carboxylic acids is 2. The summed E-state index contributed by atoms with van der Waals surface area (Å²) in [5, 5.41) is 9.78. The number of thiophene rings is 1. The summed E-state index contributed by atoms with van der Waals surface area (Å²) < 4.78 is 4.89. The predicted molar refractivity (Wildman–Crippen MR) is 101 cm³/mol. The second kappa shape index (κ2) is 6.91. The van der Waals surface area contributed by atoms with Crippen LogP contribution < -0.4 is 16.0 Å². The molecule has 8 nitrogen and oxygen atoms in total. The molecular formula is C17H21N5O3S. The van der Waals surface area contributed by atoms with Crippen LogP contribution in [0.25, 0.3) is 0 Å². The third kappa shape index (κ3) is 3.10. The normalized spacial score (nSPS) is 15.9. The molecule has 3 heterocycles. The smallest absolute Gasteiger partial charge is 0.341 e. The Kier molecular flexibility index (Phi) is 4.82. The van der Waals surface area contributed by atoms with Crippen molar-refractivity contribution in [2.24, 2.45) is 5.92 Å². The molecule has 0 aliphatic carbocycles. The van der Waals surface area contributed by atoms with Crippen molar-refractivity contribution < 1.29 is 14.3 Å². The van der Waals surface area contributed by atoms with Gasteiger partial charge in [0.25, 0.3) is 0 Å². The number of anilines is 4. The van der Waals surface area contributed by atoms with Crippen LogP contribution in [0, 0.1) is 19.8 Å². The van der Waals surface area contributed by atoms with Crippen LogP contribution in [0.3, 0.4) is 0 Å². The fourth-order valence-electron chi connectivity index (χ4n) is 2.76. The molecule has 138 valence electrons. The topological polar surface area (TPSA) is 105 Å². The molecule has 3 rings (SSSR count). The number of nitrogens with zero attached hydrogens (tertiary/aromatic N) is 2. The van der Waals surface area contributed by atoms with Gasteiger partial charge in [-0.2, -0.15) is 0 Å². The molecule has 9 heteroatoms. The van der Waals surface area contributed by atoms with Crippen LogP contribution >= 0.6 is 11.3 Å². The summed E-state index contributed by atoms with van der Waals surface area (Å²) in [6.07, 6.45) is 1.41. The van der Waals surface area contributed by atoms with Crippen molar-refractivity contribution in [3.05, 3.63) is 22.3 Å². The zero-order chi connectivity index (χ0) is 19.0. The first-order valence-corrected chi connectivity index (χ1v) is 9.02. The molecule has 0 saturated heterocycles. The zero-order valence-electron chi connectivity index (χ0n) is 15.3. The number of fused-ring (bicyclic) bond motifs is 1. The van der Waals surface area contributed by atoms with E-state index in [1.165, 1.54) is 24.8 Å². The highest BCUT2D eigenvalue weighted by molar-refractivity contribution is 7.16. The number of aromatic nitrogens is 2. The van der Waals surface area contributed by atoms with Gasteiger partial charge in [0, 0.05) is 4.88 Å².